The number of hydrogen-bond donors (Lipinski definition) is 3. The normalized spacial score (nSPS) is 10.0. The van der Waals surface area contributed by atoms with E-state index in [1.54, 1.807) is 0 Å². The number of aliphatic hydroxyl groups excluding tert-OH is 1. The standard InChI is InChI=1S/C8H10ClN3O3/c9-5-1-2-6(12(14)15)7(10)8(5)11-3-4-13/h1-2,11,13H,3-4,10H2. The van der Waals surface area contributed by atoms with Crippen LogP contribution in [0.15, 0.2) is 12.1 Å². The van der Waals surface area contributed by atoms with Gasteiger partial charge in [-0.05, 0) is 6.07 Å². The fraction of sp³-hybridized carbons (Fsp3) is 0.250. The van der Waals surface area contributed by atoms with Crippen LogP contribution in [-0.4, -0.2) is 23.2 Å². The zero-order chi connectivity index (χ0) is 11.4. The van der Waals surface area contributed by atoms with Gasteiger partial charge in [0.25, 0.3) is 5.69 Å². The topological polar surface area (TPSA) is 101 Å². The van der Waals surface area contributed by atoms with Crippen molar-refractivity contribution in [3.8, 4) is 0 Å². The van der Waals surface area contributed by atoms with Gasteiger partial charge < -0.3 is 16.2 Å². The zero-order valence-electron chi connectivity index (χ0n) is 7.74. The third kappa shape index (κ3) is 2.48. The Kier molecular flexibility index (Phi) is 3.70. The third-order valence-corrected chi connectivity index (χ3v) is 2.10. The van der Waals surface area contributed by atoms with Crippen LogP contribution < -0.4 is 11.1 Å². The zero-order valence-corrected chi connectivity index (χ0v) is 8.49. The molecule has 7 heteroatoms. The number of nitrogens with two attached hydrogens (primary N) is 1. The molecule has 0 saturated carbocycles. The minimum atomic E-state index is -0.588. The highest BCUT2D eigenvalue weighted by Crippen LogP contribution is 2.35. The van der Waals surface area contributed by atoms with Crippen molar-refractivity contribution in [2.24, 2.45) is 0 Å². The number of anilines is 2. The molecule has 0 heterocycles. The molecule has 0 bridgehead atoms. The first kappa shape index (κ1) is 11.5. The highest BCUT2D eigenvalue weighted by Gasteiger charge is 2.17. The third-order valence-electron chi connectivity index (χ3n) is 1.78. The molecule has 0 saturated heterocycles. The average molecular weight is 232 g/mol. The molecule has 0 unspecified atom stereocenters. The average Bonchev–Trinajstić information content (AvgIpc) is 2.17. The van der Waals surface area contributed by atoms with Crippen LogP contribution >= 0.6 is 11.6 Å². The Morgan fingerprint density at radius 1 is 1.60 bits per heavy atom. The highest BCUT2D eigenvalue weighted by molar-refractivity contribution is 6.34. The molecule has 0 amide bonds. The van der Waals surface area contributed by atoms with Gasteiger partial charge in [0.15, 0.2) is 0 Å². The summed E-state index contributed by atoms with van der Waals surface area (Å²) in [7, 11) is 0. The van der Waals surface area contributed by atoms with Gasteiger partial charge in [0.05, 0.1) is 22.2 Å². The molecule has 0 spiro atoms. The summed E-state index contributed by atoms with van der Waals surface area (Å²) in [6.45, 7) is 0.115. The number of nitrogens with zero attached hydrogens (tertiary/aromatic N) is 1. The minimum Gasteiger partial charge on any atom is -0.395 e. The number of hydrogen-bond acceptors (Lipinski definition) is 5. The number of halogens is 1. The van der Waals surface area contributed by atoms with Crippen LogP contribution in [0.25, 0.3) is 0 Å². The molecular formula is C8H10ClN3O3. The van der Waals surface area contributed by atoms with E-state index in [0.717, 1.165) is 0 Å². The highest BCUT2D eigenvalue weighted by atomic mass is 35.5. The van der Waals surface area contributed by atoms with E-state index in [1.165, 1.54) is 12.1 Å². The van der Waals surface area contributed by atoms with Crippen molar-refractivity contribution in [3.05, 3.63) is 27.3 Å². The maximum atomic E-state index is 10.6. The molecule has 0 aromatic heterocycles. The SMILES string of the molecule is Nc1c([N+](=O)[O-])ccc(Cl)c1NCCO. The number of nitro groups is 1. The van der Waals surface area contributed by atoms with Crippen molar-refractivity contribution < 1.29 is 10.0 Å². The number of nitrogen functional groups attached to an aromatic ring is 1. The van der Waals surface area contributed by atoms with Gasteiger partial charge in [0.2, 0.25) is 0 Å². The van der Waals surface area contributed by atoms with Gasteiger partial charge in [0.1, 0.15) is 5.69 Å². The van der Waals surface area contributed by atoms with Crippen LogP contribution in [0, 0.1) is 10.1 Å². The number of nitro benzene ring substituents is 1. The van der Waals surface area contributed by atoms with E-state index in [4.69, 9.17) is 22.4 Å². The smallest absolute Gasteiger partial charge is 0.294 e. The van der Waals surface area contributed by atoms with Gasteiger partial charge in [-0.25, -0.2) is 0 Å². The fourth-order valence-corrected chi connectivity index (χ4v) is 1.33. The molecule has 0 atom stereocenters. The second-order valence-corrected chi connectivity index (χ2v) is 3.17. The molecule has 0 aliphatic heterocycles. The van der Waals surface area contributed by atoms with Crippen molar-refractivity contribution in [2.75, 3.05) is 24.2 Å². The summed E-state index contributed by atoms with van der Waals surface area (Å²) >= 11 is 5.80. The Balaban J connectivity index is 3.12. The summed E-state index contributed by atoms with van der Waals surface area (Å²) in [6.07, 6.45) is 0. The van der Waals surface area contributed by atoms with Gasteiger partial charge in [-0.3, -0.25) is 10.1 Å². The van der Waals surface area contributed by atoms with Gasteiger partial charge >= 0.3 is 0 Å². The van der Waals surface area contributed by atoms with Crippen LogP contribution in [-0.2, 0) is 0 Å². The Morgan fingerprint density at radius 2 is 2.27 bits per heavy atom. The lowest BCUT2D eigenvalue weighted by molar-refractivity contribution is -0.383. The predicted octanol–water partition coefficient (Wildman–Crippen LogP) is 1.23. The second kappa shape index (κ2) is 4.81. The van der Waals surface area contributed by atoms with Crippen LogP contribution in [0.4, 0.5) is 17.1 Å². The Bertz CT molecular complexity index is 384. The number of nitrogens with one attached hydrogen (secondary N) is 1. The molecule has 4 N–H and O–H groups in total. The fourth-order valence-electron chi connectivity index (χ4n) is 1.10. The minimum absolute atomic E-state index is 0.0269. The largest absolute Gasteiger partial charge is 0.395 e. The maximum absolute atomic E-state index is 10.6. The molecule has 1 aromatic rings. The quantitative estimate of drug-likeness (QED) is 0.411. The van der Waals surface area contributed by atoms with Crippen molar-refractivity contribution in [1.29, 1.82) is 0 Å². The Labute approximate surface area is 90.8 Å². The Hall–Kier alpha value is -1.53. The van der Waals surface area contributed by atoms with Gasteiger partial charge in [0, 0.05) is 12.6 Å². The summed E-state index contributed by atoms with van der Waals surface area (Å²) in [5.41, 5.74) is 5.60. The molecule has 15 heavy (non-hydrogen) atoms. The summed E-state index contributed by atoms with van der Waals surface area (Å²) in [4.78, 5) is 9.98. The molecule has 0 aliphatic carbocycles. The summed E-state index contributed by atoms with van der Waals surface area (Å²) in [5.74, 6) is 0. The van der Waals surface area contributed by atoms with Crippen LogP contribution in [0.2, 0.25) is 5.02 Å². The van der Waals surface area contributed by atoms with E-state index in [1.807, 2.05) is 0 Å². The van der Waals surface area contributed by atoms with E-state index in [-0.39, 0.29) is 35.2 Å². The molecule has 82 valence electrons. The molecule has 0 aliphatic rings. The summed E-state index contributed by atoms with van der Waals surface area (Å²) < 4.78 is 0. The first-order chi connectivity index (χ1) is 7.07. The monoisotopic (exact) mass is 231 g/mol. The summed E-state index contributed by atoms with van der Waals surface area (Å²) in [6, 6.07) is 2.62. The lowest BCUT2D eigenvalue weighted by Gasteiger charge is -2.09. The van der Waals surface area contributed by atoms with Gasteiger partial charge in [-0.15, -0.1) is 0 Å². The van der Waals surface area contributed by atoms with Gasteiger partial charge in [-0.2, -0.15) is 0 Å². The number of rotatable bonds is 4. The van der Waals surface area contributed by atoms with E-state index >= 15 is 0 Å². The second-order valence-electron chi connectivity index (χ2n) is 2.76. The van der Waals surface area contributed by atoms with Crippen molar-refractivity contribution in [3.63, 3.8) is 0 Å². The predicted molar refractivity (Wildman–Crippen MR) is 58.1 cm³/mol. The van der Waals surface area contributed by atoms with Gasteiger partial charge in [-0.1, -0.05) is 11.6 Å². The van der Waals surface area contributed by atoms with E-state index in [2.05, 4.69) is 5.32 Å². The lowest BCUT2D eigenvalue weighted by Crippen LogP contribution is -2.09. The van der Waals surface area contributed by atoms with Crippen molar-refractivity contribution in [1.82, 2.24) is 0 Å². The lowest BCUT2D eigenvalue weighted by atomic mass is 10.2. The molecule has 1 rings (SSSR count). The summed E-state index contributed by atoms with van der Waals surface area (Å²) in [5, 5.41) is 22.2. The van der Waals surface area contributed by atoms with E-state index in [0.29, 0.717) is 0 Å². The van der Waals surface area contributed by atoms with Crippen LogP contribution in [0.3, 0.4) is 0 Å². The maximum Gasteiger partial charge on any atom is 0.294 e. The molecule has 6 nitrogen and oxygen atoms in total. The van der Waals surface area contributed by atoms with Crippen LogP contribution in [0.5, 0.6) is 0 Å². The molecule has 1 aromatic carbocycles. The Morgan fingerprint density at radius 3 is 2.80 bits per heavy atom. The van der Waals surface area contributed by atoms with Crippen LogP contribution in [0.1, 0.15) is 0 Å². The molecular weight excluding hydrogens is 222 g/mol. The first-order valence-corrected chi connectivity index (χ1v) is 4.52. The number of aliphatic hydroxyl groups is 1. The van der Waals surface area contributed by atoms with E-state index < -0.39 is 4.92 Å². The number of benzene rings is 1. The van der Waals surface area contributed by atoms with E-state index in [9.17, 15) is 10.1 Å². The molecule has 0 fully saturated rings. The first-order valence-electron chi connectivity index (χ1n) is 4.15. The van der Waals surface area contributed by atoms with Crippen molar-refractivity contribution in [2.45, 2.75) is 0 Å². The van der Waals surface area contributed by atoms with Crippen molar-refractivity contribution >= 4 is 28.7 Å². The molecule has 0 radical (unpaired) electrons.